The Kier molecular flexibility index (Phi) is 4.29. The van der Waals surface area contributed by atoms with Gasteiger partial charge in [0.15, 0.2) is 0 Å². The summed E-state index contributed by atoms with van der Waals surface area (Å²) in [7, 11) is 0. The summed E-state index contributed by atoms with van der Waals surface area (Å²) >= 11 is 0. The van der Waals surface area contributed by atoms with Crippen LogP contribution in [-0.2, 0) is 4.79 Å². The average Bonchev–Trinajstić information content (AvgIpc) is 2.20. The normalized spacial score (nSPS) is 29.1. The number of aliphatic hydroxyl groups is 1. The molecule has 1 heterocycles. The summed E-state index contributed by atoms with van der Waals surface area (Å²) in [6.45, 7) is 5.28. The molecule has 0 radical (unpaired) electrons. The fraction of sp³-hybridized carbons (Fsp3) is 0.727. The van der Waals surface area contributed by atoms with Crippen LogP contribution in [0.5, 0.6) is 0 Å². The summed E-state index contributed by atoms with van der Waals surface area (Å²) in [4.78, 5) is 12.9. The lowest BCUT2D eigenvalue weighted by molar-refractivity contribution is -0.146. The number of rotatable bonds is 3. The van der Waals surface area contributed by atoms with Crippen LogP contribution in [0.3, 0.4) is 0 Å². The molecule has 0 saturated carbocycles. The van der Waals surface area contributed by atoms with E-state index in [1.807, 2.05) is 24.8 Å². The second-order valence-corrected chi connectivity index (χ2v) is 4.14. The van der Waals surface area contributed by atoms with Crippen LogP contribution in [-0.4, -0.2) is 46.3 Å². The fourth-order valence-electron chi connectivity index (χ4n) is 1.85. The van der Waals surface area contributed by atoms with Gasteiger partial charge in [0.25, 0.3) is 0 Å². The lowest BCUT2D eigenvalue weighted by atomic mass is 9.99. The first-order valence-corrected chi connectivity index (χ1v) is 5.31. The van der Waals surface area contributed by atoms with Crippen molar-refractivity contribution in [2.45, 2.75) is 38.8 Å². The lowest BCUT2D eigenvalue weighted by Crippen LogP contribution is -2.49. The highest BCUT2D eigenvalue weighted by atomic mass is 16.4. The number of hydrogen-bond acceptors (Lipinski definition) is 3. The van der Waals surface area contributed by atoms with Crippen molar-refractivity contribution < 1.29 is 15.0 Å². The molecule has 0 spiro atoms. The maximum Gasteiger partial charge on any atom is 0.321 e. The number of carboxylic acid groups (broad SMARTS) is 1. The monoisotopic (exact) mass is 213 g/mol. The number of allylic oxidation sites excluding steroid dienone is 1. The molecule has 0 aromatic heterocycles. The third-order valence-corrected chi connectivity index (χ3v) is 2.92. The number of carboxylic acids is 1. The first-order chi connectivity index (χ1) is 7.04. The molecule has 1 rings (SSSR count). The molecule has 4 nitrogen and oxygen atoms in total. The molecular weight excluding hydrogens is 194 g/mol. The Balaban J connectivity index is 2.64. The standard InChI is InChI=1S/C11H19NO3/c1-3-8(2)7-12-5-4-9(13)6-10(12)11(14)15/h3,9-10,13H,4-7H2,1-2H3,(H,14,15)/b8-3+/t9-,10+/m1/s1. The Bertz CT molecular complexity index is 263. The van der Waals surface area contributed by atoms with E-state index in [0.29, 0.717) is 25.9 Å². The van der Waals surface area contributed by atoms with Gasteiger partial charge in [-0.25, -0.2) is 0 Å². The van der Waals surface area contributed by atoms with Crippen molar-refractivity contribution in [1.82, 2.24) is 4.90 Å². The largest absolute Gasteiger partial charge is 0.480 e. The molecule has 1 aliphatic heterocycles. The van der Waals surface area contributed by atoms with Crippen molar-refractivity contribution in [3.05, 3.63) is 11.6 Å². The van der Waals surface area contributed by atoms with E-state index >= 15 is 0 Å². The highest BCUT2D eigenvalue weighted by Crippen LogP contribution is 2.18. The topological polar surface area (TPSA) is 60.8 Å². The van der Waals surface area contributed by atoms with E-state index in [9.17, 15) is 9.90 Å². The molecule has 1 aliphatic rings. The Hall–Kier alpha value is -0.870. The number of aliphatic hydroxyl groups excluding tert-OH is 1. The van der Waals surface area contributed by atoms with E-state index < -0.39 is 18.1 Å². The fourth-order valence-corrected chi connectivity index (χ4v) is 1.85. The van der Waals surface area contributed by atoms with Crippen LogP contribution in [0.2, 0.25) is 0 Å². The molecule has 2 atom stereocenters. The highest BCUT2D eigenvalue weighted by molar-refractivity contribution is 5.73. The Morgan fingerprint density at radius 1 is 1.60 bits per heavy atom. The second kappa shape index (κ2) is 5.28. The molecule has 0 unspecified atom stereocenters. The third-order valence-electron chi connectivity index (χ3n) is 2.92. The molecule has 2 N–H and O–H groups in total. The van der Waals surface area contributed by atoms with Crippen molar-refractivity contribution >= 4 is 5.97 Å². The maximum absolute atomic E-state index is 11.0. The van der Waals surface area contributed by atoms with Gasteiger partial charge in [-0.1, -0.05) is 11.6 Å². The van der Waals surface area contributed by atoms with Crippen molar-refractivity contribution in [3.63, 3.8) is 0 Å². The van der Waals surface area contributed by atoms with E-state index in [1.54, 1.807) is 0 Å². The highest BCUT2D eigenvalue weighted by Gasteiger charge is 2.32. The molecule has 4 heteroatoms. The summed E-state index contributed by atoms with van der Waals surface area (Å²) in [6, 6.07) is -0.538. The summed E-state index contributed by atoms with van der Waals surface area (Å²) in [5.74, 6) is -0.836. The van der Waals surface area contributed by atoms with E-state index in [-0.39, 0.29) is 0 Å². The third kappa shape index (κ3) is 3.32. The number of carbonyl (C=O) groups is 1. The average molecular weight is 213 g/mol. The van der Waals surface area contributed by atoms with Crippen LogP contribution in [0, 0.1) is 0 Å². The van der Waals surface area contributed by atoms with Crippen LogP contribution in [0.15, 0.2) is 11.6 Å². The zero-order valence-corrected chi connectivity index (χ0v) is 9.31. The van der Waals surface area contributed by atoms with Gasteiger partial charge >= 0.3 is 5.97 Å². The summed E-state index contributed by atoms with van der Waals surface area (Å²) < 4.78 is 0. The van der Waals surface area contributed by atoms with Gasteiger partial charge in [0.05, 0.1) is 6.10 Å². The van der Waals surface area contributed by atoms with Gasteiger partial charge < -0.3 is 10.2 Å². The van der Waals surface area contributed by atoms with Crippen molar-refractivity contribution in [2.75, 3.05) is 13.1 Å². The molecular formula is C11H19NO3. The minimum Gasteiger partial charge on any atom is -0.480 e. The lowest BCUT2D eigenvalue weighted by Gasteiger charge is -2.35. The van der Waals surface area contributed by atoms with Gasteiger partial charge in [0, 0.05) is 13.1 Å². The van der Waals surface area contributed by atoms with Crippen LogP contribution in [0.1, 0.15) is 26.7 Å². The zero-order chi connectivity index (χ0) is 11.4. The predicted molar refractivity (Wildman–Crippen MR) is 57.7 cm³/mol. The van der Waals surface area contributed by atoms with Gasteiger partial charge in [0.2, 0.25) is 0 Å². The predicted octanol–water partition coefficient (Wildman–Crippen LogP) is 0.863. The minimum atomic E-state index is -0.836. The van der Waals surface area contributed by atoms with Gasteiger partial charge in [-0.2, -0.15) is 0 Å². The Morgan fingerprint density at radius 3 is 2.80 bits per heavy atom. The second-order valence-electron chi connectivity index (χ2n) is 4.14. The smallest absolute Gasteiger partial charge is 0.321 e. The number of aliphatic carboxylic acids is 1. The van der Waals surface area contributed by atoms with Crippen LogP contribution < -0.4 is 0 Å². The number of nitrogens with zero attached hydrogens (tertiary/aromatic N) is 1. The SMILES string of the molecule is C/C=C(\C)CN1CC[C@@H](O)C[C@H]1C(=O)O. The molecule has 0 bridgehead atoms. The minimum absolute atomic E-state index is 0.340. The summed E-state index contributed by atoms with van der Waals surface area (Å²) in [5.41, 5.74) is 1.16. The van der Waals surface area contributed by atoms with E-state index in [2.05, 4.69) is 0 Å². The molecule has 15 heavy (non-hydrogen) atoms. The van der Waals surface area contributed by atoms with Crippen LogP contribution >= 0.6 is 0 Å². The molecule has 0 aromatic rings. The Labute approximate surface area is 90.2 Å². The van der Waals surface area contributed by atoms with Crippen molar-refractivity contribution in [2.24, 2.45) is 0 Å². The Morgan fingerprint density at radius 2 is 2.27 bits per heavy atom. The molecule has 86 valence electrons. The van der Waals surface area contributed by atoms with Gasteiger partial charge in [-0.15, -0.1) is 0 Å². The van der Waals surface area contributed by atoms with E-state index in [1.165, 1.54) is 0 Å². The van der Waals surface area contributed by atoms with Gasteiger partial charge in [-0.05, 0) is 26.7 Å². The summed E-state index contributed by atoms with van der Waals surface area (Å²) in [5, 5.41) is 18.5. The van der Waals surface area contributed by atoms with E-state index in [0.717, 1.165) is 5.57 Å². The zero-order valence-electron chi connectivity index (χ0n) is 9.31. The summed E-state index contributed by atoms with van der Waals surface area (Å²) in [6.07, 6.45) is 2.53. The molecule has 0 aliphatic carbocycles. The van der Waals surface area contributed by atoms with Gasteiger partial charge in [0.1, 0.15) is 6.04 Å². The van der Waals surface area contributed by atoms with Crippen LogP contribution in [0.25, 0.3) is 0 Å². The van der Waals surface area contributed by atoms with E-state index in [4.69, 9.17) is 5.11 Å². The maximum atomic E-state index is 11.0. The molecule has 0 aromatic carbocycles. The molecule has 1 fully saturated rings. The molecule has 1 saturated heterocycles. The van der Waals surface area contributed by atoms with Gasteiger partial charge in [-0.3, -0.25) is 9.69 Å². The number of likely N-dealkylation sites (tertiary alicyclic amines) is 1. The number of piperidine rings is 1. The first kappa shape index (κ1) is 12.2. The quantitative estimate of drug-likeness (QED) is 0.683. The van der Waals surface area contributed by atoms with Crippen molar-refractivity contribution in [3.8, 4) is 0 Å². The van der Waals surface area contributed by atoms with Crippen LogP contribution in [0.4, 0.5) is 0 Å². The first-order valence-electron chi connectivity index (χ1n) is 5.31. The molecule has 0 amide bonds. The number of hydrogen-bond donors (Lipinski definition) is 2. The van der Waals surface area contributed by atoms with Crippen molar-refractivity contribution in [1.29, 1.82) is 0 Å².